The number of hydrogen-bond acceptors (Lipinski definition) is 8. The van der Waals surface area contributed by atoms with Gasteiger partial charge < -0.3 is 27.9 Å². The highest BCUT2D eigenvalue weighted by atomic mass is 31.2. The molecule has 2 unspecified atom stereocenters. The summed E-state index contributed by atoms with van der Waals surface area (Å²) in [5.41, 5.74) is 0. The maximum Gasteiger partial charge on any atom is 0.306 e. The summed E-state index contributed by atoms with van der Waals surface area (Å²) in [6.07, 6.45) is 74.2. The third-order valence-corrected chi connectivity index (χ3v) is 13.0. The van der Waals surface area contributed by atoms with Gasteiger partial charge >= 0.3 is 11.9 Å². The normalized spacial score (nSPS) is 14.1. The van der Waals surface area contributed by atoms with Gasteiger partial charge in [0.05, 0.1) is 27.7 Å². The Morgan fingerprint density at radius 2 is 0.781 bits per heavy atom. The van der Waals surface area contributed by atoms with E-state index in [1.165, 1.54) is 77.0 Å². The Labute approximate surface area is 448 Å². The molecule has 0 aliphatic carbocycles. The predicted molar refractivity (Wildman–Crippen MR) is 309 cm³/mol. The number of phosphoric ester groups is 1. The van der Waals surface area contributed by atoms with E-state index in [2.05, 4.69) is 123 Å². The van der Waals surface area contributed by atoms with Crippen LogP contribution in [0.2, 0.25) is 0 Å². The fourth-order valence-corrected chi connectivity index (χ4v) is 8.28. The third kappa shape index (κ3) is 57.8. The minimum absolute atomic E-state index is 0.0389. The Kier molecular flexibility index (Phi) is 51.1. The number of ether oxygens (including phenoxy) is 2. The zero-order chi connectivity index (χ0) is 53.5. The van der Waals surface area contributed by atoms with Crippen LogP contribution in [0.15, 0.2) is 109 Å². The van der Waals surface area contributed by atoms with Crippen LogP contribution < -0.4 is 4.89 Å². The molecule has 0 bridgehead atoms. The summed E-state index contributed by atoms with van der Waals surface area (Å²) in [5, 5.41) is 0. The van der Waals surface area contributed by atoms with E-state index in [4.69, 9.17) is 18.5 Å². The monoisotopic (exact) mass is 1040 g/mol. The van der Waals surface area contributed by atoms with Crippen LogP contribution in [0.25, 0.3) is 0 Å². The van der Waals surface area contributed by atoms with Gasteiger partial charge in [0.25, 0.3) is 7.82 Å². The first-order valence-electron chi connectivity index (χ1n) is 29.1. The van der Waals surface area contributed by atoms with E-state index in [0.29, 0.717) is 23.9 Å². The van der Waals surface area contributed by atoms with Crippen molar-refractivity contribution >= 4 is 19.8 Å². The molecule has 0 amide bonds. The van der Waals surface area contributed by atoms with Crippen LogP contribution in [0.4, 0.5) is 0 Å². The second-order valence-electron chi connectivity index (χ2n) is 20.3. The average molecular weight is 1040 g/mol. The molecule has 0 aromatic carbocycles. The third-order valence-electron chi connectivity index (χ3n) is 12.0. The Hall–Kier alpha value is -3.33. The van der Waals surface area contributed by atoms with E-state index in [9.17, 15) is 19.0 Å². The SMILES string of the molecule is CC/C=C\C/C=C\C/C=C\C/C=C\C/C=C\C/C=C\C/C=C\C/C=C\CCCCCCCCCCC(=O)OC(COC(=O)CCCCCCC/C=C\CCCCCCCCC)COP(=O)([O-])OCC[N+](C)(C)C. The lowest BCUT2D eigenvalue weighted by atomic mass is 10.1. The summed E-state index contributed by atoms with van der Waals surface area (Å²) in [6.45, 7) is 4.09. The first-order chi connectivity index (χ1) is 35.5. The Morgan fingerprint density at radius 1 is 0.438 bits per heavy atom. The van der Waals surface area contributed by atoms with Crippen molar-refractivity contribution in [1.29, 1.82) is 0 Å². The van der Waals surface area contributed by atoms with E-state index >= 15 is 0 Å². The molecule has 73 heavy (non-hydrogen) atoms. The Bertz CT molecular complexity index is 1600. The van der Waals surface area contributed by atoms with Crippen molar-refractivity contribution in [3.05, 3.63) is 109 Å². The van der Waals surface area contributed by atoms with Crippen molar-refractivity contribution in [1.82, 2.24) is 0 Å². The number of carbonyl (C=O) groups is 2. The quantitative estimate of drug-likeness (QED) is 0.0195. The minimum Gasteiger partial charge on any atom is -0.756 e. The molecule has 0 heterocycles. The lowest BCUT2D eigenvalue weighted by molar-refractivity contribution is -0.870. The molecule has 0 saturated carbocycles. The number of hydrogen-bond donors (Lipinski definition) is 0. The van der Waals surface area contributed by atoms with Gasteiger partial charge in [-0.15, -0.1) is 0 Å². The van der Waals surface area contributed by atoms with E-state index in [0.717, 1.165) is 109 Å². The Balaban J connectivity index is 4.19. The van der Waals surface area contributed by atoms with Crippen LogP contribution in [0.3, 0.4) is 0 Å². The smallest absolute Gasteiger partial charge is 0.306 e. The minimum atomic E-state index is -4.64. The predicted octanol–water partition coefficient (Wildman–Crippen LogP) is 17.6. The van der Waals surface area contributed by atoms with Gasteiger partial charge in [-0.05, 0) is 103 Å². The Morgan fingerprint density at radius 3 is 1.18 bits per heavy atom. The second-order valence-corrected chi connectivity index (χ2v) is 21.7. The largest absolute Gasteiger partial charge is 0.756 e. The molecule has 0 fully saturated rings. The average Bonchev–Trinajstić information content (AvgIpc) is 3.35. The van der Waals surface area contributed by atoms with Crippen molar-refractivity contribution in [2.24, 2.45) is 0 Å². The topological polar surface area (TPSA) is 111 Å². The highest BCUT2D eigenvalue weighted by molar-refractivity contribution is 7.45. The molecule has 0 saturated heterocycles. The van der Waals surface area contributed by atoms with Gasteiger partial charge in [-0.2, -0.15) is 0 Å². The van der Waals surface area contributed by atoms with Gasteiger partial charge in [-0.25, -0.2) is 0 Å². The van der Waals surface area contributed by atoms with Crippen LogP contribution in [-0.2, 0) is 32.7 Å². The number of phosphoric acid groups is 1. The van der Waals surface area contributed by atoms with Crippen molar-refractivity contribution in [3.8, 4) is 0 Å². The number of quaternary nitrogens is 1. The summed E-state index contributed by atoms with van der Waals surface area (Å²) in [6, 6.07) is 0. The summed E-state index contributed by atoms with van der Waals surface area (Å²) >= 11 is 0. The number of unbranched alkanes of at least 4 members (excludes halogenated alkanes) is 20. The lowest BCUT2D eigenvalue weighted by Gasteiger charge is -2.28. The maximum atomic E-state index is 12.8. The lowest BCUT2D eigenvalue weighted by Crippen LogP contribution is -2.37. The van der Waals surface area contributed by atoms with E-state index < -0.39 is 32.5 Å². The summed E-state index contributed by atoms with van der Waals surface area (Å²) in [5.74, 6) is -0.857. The van der Waals surface area contributed by atoms with Gasteiger partial charge in [-0.1, -0.05) is 220 Å². The number of carbonyl (C=O) groups excluding carboxylic acids is 2. The number of likely N-dealkylation sites (N-methyl/N-ethyl adjacent to an activating group) is 1. The maximum absolute atomic E-state index is 12.8. The summed E-state index contributed by atoms with van der Waals surface area (Å²) < 4.78 is 34.1. The van der Waals surface area contributed by atoms with Crippen LogP contribution in [0, 0.1) is 0 Å². The zero-order valence-electron chi connectivity index (χ0n) is 47.3. The molecule has 9 nitrogen and oxygen atoms in total. The molecule has 0 spiro atoms. The molecular weight excluding hydrogens is 930 g/mol. The fourth-order valence-electron chi connectivity index (χ4n) is 7.55. The molecule has 0 aromatic heterocycles. The standard InChI is InChI=1S/C63H108NO8P/c1-6-8-10-12-14-16-18-20-22-24-25-26-27-28-29-30-31-32-33-34-35-36-37-38-39-40-42-44-46-48-50-52-54-56-63(66)72-61(60-71-73(67,68)70-58-57-64(3,4)5)59-69-62(65)55-53-51-49-47-45-43-41-23-21-19-17-15-13-11-9-7-2/h8,10,14,16,20,22-23,25-26,28-29,31-32,34-35,37-38,41,61H,6-7,9,11-13,15,17-19,21,24,27,30,33,36,39-40,42-60H2,1-5H3/b10-8-,16-14-,22-20-,26-25-,29-28-,32-31-,35-34-,38-37-,41-23-. The molecule has 0 rings (SSSR count). The molecule has 0 aromatic rings. The van der Waals surface area contributed by atoms with Crippen LogP contribution in [-0.4, -0.2) is 70.0 Å². The molecular formula is C63H108NO8P. The first kappa shape index (κ1) is 69.7. The van der Waals surface area contributed by atoms with E-state index in [1.807, 2.05) is 21.1 Å². The van der Waals surface area contributed by atoms with Crippen LogP contribution >= 0.6 is 7.82 Å². The van der Waals surface area contributed by atoms with E-state index in [1.54, 1.807) is 0 Å². The number of nitrogens with zero attached hydrogens (tertiary/aromatic N) is 1. The van der Waals surface area contributed by atoms with Crippen molar-refractivity contribution in [3.63, 3.8) is 0 Å². The number of esters is 2. The molecule has 0 aliphatic heterocycles. The van der Waals surface area contributed by atoms with Crippen molar-refractivity contribution in [2.45, 2.75) is 232 Å². The van der Waals surface area contributed by atoms with Gasteiger partial charge in [0.1, 0.15) is 19.8 Å². The van der Waals surface area contributed by atoms with Gasteiger partial charge in [-0.3, -0.25) is 14.2 Å². The first-order valence-corrected chi connectivity index (χ1v) is 30.6. The van der Waals surface area contributed by atoms with Gasteiger partial charge in [0.15, 0.2) is 6.10 Å². The van der Waals surface area contributed by atoms with Crippen molar-refractivity contribution < 1.29 is 42.1 Å². The van der Waals surface area contributed by atoms with Gasteiger partial charge in [0, 0.05) is 12.8 Å². The van der Waals surface area contributed by atoms with E-state index in [-0.39, 0.29) is 26.1 Å². The second kappa shape index (κ2) is 53.5. The summed E-state index contributed by atoms with van der Waals surface area (Å²) in [7, 11) is 1.14. The number of allylic oxidation sites excluding steroid dienone is 18. The summed E-state index contributed by atoms with van der Waals surface area (Å²) in [4.78, 5) is 37.8. The van der Waals surface area contributed by atoms with Crippen molar-refractivity contribution in [2.75, 3.05) is 47.5 Å². The number of rotatable bonds is 52. The zero-order valence-corrected chi connectivity index (χ0v) is 48.2. The fraction of sp³-hybridized carbons (Fsp3) is 0.683. The van der Waals surface area contributed by atoms with Gasteiger partial charge in [0.2, 0.25) is 0 Å². The molecule has 0 N–H and O–H groups in total. The van der Waals surface area contributed by atoms with Crippen LogP contribution in [0.5, 0.6) is 0 Å². The highest BCUT2D eigenvalue weighted by Crippen LogP contribution is 2.38. The van der Waals surface area contributed by atoms with Crippen LogP contribution in [0.1, 0.15) is 226 Å². The molecule has 0 radical (unpaired) electrons. The highest BCUT2D eigenvalue weighted by Gasteiger charge is 2.21. The molecule has 10 heteroatoms. The molecule has 2 atom stereocenters. The molecule has 418 valence electrons. The molecule has 0 aliphatic rings.